The second-order valence-corrected chi connectivity index (χ2v) is 7.52. The Labute approximate surface area is 168 Å². The highest BCUT2D eigenvalue weighted by Crippen LogP contribution is 2.30. The maximum atomic E-state index is 14.4. The molecule has 10 heteroatoms. The van der Waals surface area contributed by atoms with Crippen molar-refractivity contribution < 1.29 is 33.0 Å². The van der Waals surface area contributed by atoms with E-state index in [4.69, 9.17) is 15.6 Å². The molecule has 29 heavy (non-hydrogen) atoms. The first-order chi connectivity index (χ1) is 13.7. The van der Waals surface area contributed by atoms with E-state index >= 15 is 0 Å². The van der Waals surface area contributed by atoms with Crippen LogP contribution >= 0.6 is 11.8 Å². The first-order valence-electron chi connectivity index (χ1n) is 8.47. The fourth-order valence-corrected chi connectivity index (χ4v) is 3.55. The second-order valence-electron chi connectivity index (χ2n) is 6.35. The van der Waals surface area contributed by atoms with Crippen molar-refractivity contribution >= 4 is 28.9 Å². The number of carbonyl (C=O) groups excluding carboxylic acids is 2. The van der Waals surface area contributed by atoms with Crippen LogP contribution in [0.15, 0.2) is 36.4 Å². The van der Waals surface area contributed by atoms with Gasteiger partial charge in [0.05, 0.1) is 5.25 Å². The molecule has 2 amide bonds. The van der Waals surface area contributed by atoms with Crippen molar-refractivity contribution in [3.8, 4) is 11.5 Å². The average molecular weight is 422 g/mol. The molecule has 1 heterocycles. The lowest BCUT2D eigenvalue weighted by atomic mass is 10.1. The molecule has 4 N–H and O–H groups in total. The molecule has 0 radical (unpaired) electrons. The Morgan fingerprint density at radius 1 is 1.17 bits per heavy atom. The Balaban J connectivity index is 1.69. The number of carboxylic acids is 1. The predicted octanol–water partition coefficient (Wildman–Crippen LogP) is 2.61. The van der Waals surface area contributed by atoms with Crippen molar-refractivity contribution in [2.75, 3.05) is 0 Å². The number of carbonyl (C=O) groups is 3. The number of benzene rings is 2. The fraction of sp³-hybridized carbons (Fsp3) is 0.211. The maximum absolute atomic E-state index is 14.4. The van der Waals surface area contributed by atoms with E-state index in [1.807, 2.05) is 0 Å². The van der Waals surface area contributed by atoms with Gasteiger partial charge in [0.15, 0.2) is 0 Å². The van der Waals surface area contributed by atoms with E-state index in [0.717, 1.165) is 12.1 Å². The van der Waals surface area contributed by atoms with Gasteiger partial charge in [-0.15, -0.1) is 0 Å². The molecular formula is C19H16F2N2O5S. The van der Waals surface area contributed by atoms with Crippen LogP contribution < -0.4 is 15.8 Å². The van der Waals surface area contributed by atoms with Crippen LogP contribution in [0.25, 0.3) is 0 Å². The van der Waals surface area contributed by atoms with Gasteiger partial charge in [-0.1, -0.05) is 23.9 Å². The number of hydrogen-bond acceptors (Lipinski definition) is 6. The topological polar surface area (TPSA) is 119 Å². The molecule has 2 unspecified atom stereocenters. The van der Waals surface area contributed by atoms with Gasteiger partial charge < -0.3 is 15.6 Å². The Kier molecular flexibility index (Phi) is 6.14. The number of aliphatic carboxylic acids is 1. The quantitative estimate of drug-likeness (QED) is 0.628. The number of imide groups is 1. The van der Waals surface area contributed by atoms with Crippen LogP contribution in [0.3, 0.4) is 0 Å². The summed E-state index contributed by atoms with van der Waals surface area (Å²) in [5, 5.41) is 9.46. The zero-order valence-corrected chi connectivity index (χ0v) is 15.7. The van der Waals surface area contributed by atoms with Crippen LogP contribution in [-0.2, 0) is 22.4 Å². The normalized spacial score (nSPS) is 17.1. The van der Waals surface area contributed by atoms with E-state index in [9.17, 15) is 23.2 Å². The summed E-state index contributed by atoms with van der Waals surface area (Å²) >= 11 is 0.690. The molecule has 3 rings (SSSR count). The Hall–Kier alpha value is -2.98. The molecule has 1 fully saturated rings. The molecule has 1 aliphatic heterocycles. The lowest BCUT2D eigenvalue weighted by Gasteiger charge is -2.12. The molecular weight excluding hydrogens is 406 g/mol. The summed E-state index contributed by atoms with van der Waals surface area (Å²) in [6.45, 7) is 0. The summed E-state index contributed by atoms with van der Waals surface area (Å²) in [4.78, 5) is 33.6. The minimum Gasteiger partial charge on any atom is -0.480 e. The Morgan fingerprint density at radius 2 is 1.79 bits per heavy atom. The monoisotopic (exact) mass is 422 g/mol. The molecule has 1 saturated heterocycles. The van der Waals surface area contributed by atoms with E-state index in [1.54, 1.807) is 12.1 Å². The molecule has 7 nitrogen and oxygen atoms in total. The van der Waals surface area contributed by atoms with Gasteiger partial charge in [0, 0.05) is 17.7 Å². The fourth-order valence-electron chi connectivity index (χ4n) is 2.72. The SMILES string of the molecule is NC(Cc1ccc(Oc2cc(F)c(CC3SC(=O)NC3=O)c(F)c2)cc1)C(=O)O. The largest absolute Gasteiger partial charge is 0.480 e. The smallest absolute Gasteiger partial charge is 0.320 e. The number of nitrogens with one attached hydrogen (secondary N) is 1. The van der Waals surface area contributed by atoms with Crippen LogP contribution in [0, 0.1) is 11.6 Å². The molecule has 2 atom stereocenters. The summed E-state index contributed by atoms with van der Waals surface area (Å²) in [6.07, 6.45) is -0.137. The first-order valence-corrected chi connectivity index (χ1v) is 9.35. The summed E-state index contributed by atoms with van der Waals surface area (Å²) in [5.74, 6) is -3.27. The lowest BCUT2D eigenvalue weighted by molar-refractivity contribution is -0.138. The number of amides is 2. The summed E-state index contributed by atoms with van der Waals surface area (Å²) in [7, 11) is 0. The highest BCUT2D eigenvalue weighted by molar-refractivity contribution is 8.15. The third-order valence-electron chi connectivity index (χ3n) is 4.20. The molecule has 0 saturated carbocycles. The molecule has 2 aromatic rings. The summed E-state index contributed by atoms with van der Waals surface area (Å²) < 4.78 is 34.2. The van der Waals surface area contributed by atoms with Gasteiger partial charge in [-0.25, -0.2) is 8.78 Å². The second kappa shape index (κ2) is 8.58. The summed E-state index contributed by atoms with van der Waals surface area (Å²) in [6, 6.07) is 7.21. The van der Waals surface area contributed by atoms with Gasteiger partial charge in [0.25, 0.3) is 5.24 Å². The van der Waals surface area contributed by atoms with Gasteiger partial charge in [-0.05, 0) is 30.5 Å². The maximum Gasteiger partial charge on any atom is 0.320 e. The molecule has 0 aliphatic carbocycles. The zero-order chi connectivity index (χ0) is 21.1. The van der Waals surface area contributed by atoms with Crippen molar-refractivity contribution in [1.82, 2.24) is 5.32 Å². The Morgan fingerprint density at radius 3 is 2.31 bits per heavy atom. The van der Waals surface area contributed by atoms with Crippen LogP contribution in [0.2, 0.25) is 0 Å². The van der Waals surface area contributed by atoms with E-state index < -0.39 is 40.0 Å². The van der Waals surface area contributed by atoms with Crippen LogP contribution in [0.5, 0.6) is 11.5 Å². The highest BCUT2D eigenvalue weighted by atomic mass is 32.2. The molecule has 1 aliphatic rings. The highest BCUT2D eigenvalue weighted by Gasteiger charge is 2.33. The number of thioether (sulfide) groups is 1. The predicted molar refractivity (Wildman–Crippen MR) is 101 cm³/mol. The molecule has 0 bridgehead atoms. The van der Waals surface area contributed by atoms with E-state index in [0.29, 0.717) is 23.1 Å². The Bertz CT molecular complexity index is 945. The van der Waals surface area contributed by atoms with Gasteiger partial charge in [-0.2, -0.15) is 0 Å². The van der Waals surface area contributed by atoms with E-state index in [2.05, 4.69) is 5.32 Å². The number of carboxylic acid groups (broad SMARTS) is 1. The van der Waals surface area contributed by atoms with E-state index in [1.165, 1.54) is 12.1 Å². The molecule has 2 aromatic carbocycles. The number of hydrogen-bond donors (Lipinski definition) is 3. The molecule has 0 aromatic heterocycles. The average Bonchev–Trinajstić information content (AvgIpc) is 2.97. The first kappa shape index (κ1) is 20.7. The minimum absolute atomic E-state index is 0.0849. The van der Waals surface area contributed by atoms with E-state index in [-0.39, 0.29) is 24.2 Å². The van der Waals surface area contributed by atoms with Gasteiger partial charge in [0.1, 0.15) is 29.2 Å². The van der Waals surface area contributed by atoms with Gasteiger partial charge in [0.2, 0.25) is 5.91 Å². The third kappa shape index (κ3) is 5.09. The van der Waals surface area contributed by atoms with Crippen LogP contribution in [0.1, 0.15) is 11.1 Å². The number of rotatable bonds is 7. The molecule has 0 spiro atoms. The van der Waals surface area contributed by atoms with Crippen molar-refractivity contribution in [2.24, 2.45) is 5.73 Å². The summed E-state index contributed by atoms with van der Waals surface area (Å²) in [5.41, 5.74) is 5.83. The zero-order valence-electron chi connectivity index (χ0n) is 14.9. The van der Waals surface area contributed by atoms with Crippen LogP contribution in [-0.4, -0.2) is 33.5 Å². The number of halogens is 2. The number of nitrogens with two attached hydrogens (primary N) is 1. The van der Waals surface area contributed by atoms with Crippen molar-refractivity contribution in [3.05, 3.63) is 59.2 Å². The minimum atomic E-state index is -1.12. The molecule has 152 valence electrons. The third-order valence-corrected chi connectivity index (χ3v) is 5.18. The van der Waals surface area contributed by atoms with Crippen LogP contribution in [0.4, 0.5) is 13.6 Å². The standard InChI is InChI=1S/C19H16F2N2O5S/c20-13-6-11(7-14(21)12(13)8-16-17(24)23-19(27)29-16)28-10-3-1-9(2-4-10)5-15(22)18(25)26/h1-4,6-7,15-16H,5,8,22H2,(H,25,26)(H,23,24,27). The van der Waals surface area contributed by atoms with Crippen molar-refractivity contribution in [1.29, 1.82) is 0 Å². The van der Waals surface area contributed by atoms with Crippen molar-refractivity contribution in [3.63, 3.8) is 0 Å². The lowest BCUT2D eigenvalue weighted by Crippen LogP contribution is -2.32. The number of ether oxygens (including phenoxy) is 1. The van der Waals surface area contributed by atoms with Crippen molar-refractivity contribution in [2.45, 2.75) is 24.1 Å². The van der Waals surface area contributed by atoms with Gasteiger partial charge >= 0.3 is 5.97 Å². The van der Waals surface area contributed by atoms with Gasteiger partial charge in [-0.3, -0.25) is 19.7 Å².